The molecule has 0 bridgehead atoms. The zero-order valence-electron chi connectivity index (χ0n) is 19.7. The Labute approximate surface area is 192 Å². The molecule has 0 aliphatic heterocycles. The lowest BCUT2D eigenvalue weighted by Crippen LogP contribution is -2.58. The van der Waals surface area contributed by atoms with Gasteiger partial charge in [0.05, 0.1) is 7.11 Å². The van der Waals surface area contributed by atoms with E-state index in [0.29, 0.717) is 6.54 Å². The molecular weight excluding hydrogens is 438 g/mol. The van der Waals surface area contributed by atoms with Crippen LogP contribution in [0.2, 0.25) is 0 Å². The first-order valence-electron chi connectivity index (χ1n) is 9.99. The fourth-order valence-electron chi connectivity index (χ4n) is 2.40. The first-order valence-corrected chi connectivity index (χ1v) is 13.0. The minimum Gasteiger partial charge on any atom is -0.460 e. The van der Waals surface area contributed by atoms with E-state index in [9.17, 15) is 19.2 Å². The Balaban J connectivity index is 5.32. The van der Waals surface area contributed by atoms with Gasteiger partial charge in [0.1, 0.15) is 18.8 Å². The molecule has 0 aliphatic rings. The van der Waals surface area contributed by atoms with Crippen LogP contribution in [-0.4, -0.2) is 99.0 Å². The Morgan fingerprint density at radius 1 is 1.00 bits per heavy atom. The van der Waals surface area contributed by atoms with Crippen molar-refractivity contribution in [3.63, 3.8) is 0 Å². The van der Waals surface area contributed by atoms with Crippen molar-refractivity contribution in [1.29, 1.82) is 0 Å². The molecule has 184 valence electrons. The minimum absolute atomic E-state index is 0.191. The summed E-state index contributed by atoms with van der Waals surface area (Å²) in [6, 6.07) is -0.452. The maximum Gasteiger partial charge on any atom is 0.406 e. The van der Waals surface area contributed by atoms with Crippen molar-refractivity contribution >= 4 is 34.1 Å². The Hall–Kier alpha value is -2.69. The number of alkyl carbamates (subject to hydrolysis) is 1. The molecule has 0 saturated heterocycles. The Bertz CT molecular complexity index is 653. The van der Waals surface area contributed by atoms with Crippen molar-refractivity contribution in [3.05, 3.63) is 25.3 Å². The van der Waals surface area contributed by atoms with Gasteiger partial charge in [0.2, 0.25) is 0 Å². The molecule has 0 saturated carbocycles. The topological polar surface area (TPSA) is 123 Å². The number of esters is 2. The van der Waals surface area contributed by atoms with E-state index in [0.717, 1.165) is 24.3 Å². The molecule has 0 radical (unpaired) electrons. The first kappa shape index (κ1) is 29.3. The first-order chi connectivity index (χ1) is 14.9. The van der Waals surface area contributed by atoms with Gasteiger partial charge in [-0.1, -0.05) is 13.2 Å². The number of ether oxygens (including phenoxy) is 3. The van der Waals surface area contributed by atoms with E-state index < -0.39 is 39.6 Å². The average molecular weight is 476 g/mol. The molecule has 0 aromatic rings. The monoisotopic (exact) mass is 475 g/mol. The normalized spacial score (nSPS) is 11.5. The molecule has 2 N–H and O–H groups in total. The van der Waals surface area contributed by atoms with Gasteiger partial charge < -0.3 is 29.7 Å². The summed E-state index contributed by atoms with van der Waals surface area (Å²) in [5, 5.41) is 5.32. The molecule has 11 heteroatoms. The predicted molar refractivity (Wildman–Crippen MR) is 126 cm³/mol. The average Bonchev–Trinajstić information content (AvgIpc) is 2.73. The predicted octanol–water partition coefficient (Wildman–Crippen LogP) is 1.66. The number of amides is 3. The second-order valence-corrected chi connectivity index (χ2v) is 12.8. The van der Waals surface area contributed by atoms with Crippen LogP contribution < -0.4 is 10.6 Å². The quantitative estimate of drug-likeness (QED) is 0.222. The molecular formula is C21H37N3O7S. The number of urea groups is 1. The maximum absolute atomic E-state index is 13.0. The summed E-state index contributed by atoms with van der Waals surface area (Å²) in [4.78, 5) is 48.9. The Morgan fingerprint density at radius 2 is 1.53 bits per heavy atom. The molecule has 3 amide bonds. The van der Waals surface area contributed by atoms with Crippen LogP contribution in [0.4, 0.5) is 9.59 Å². The van der Waals surface area contributed by atoms with E-state index in [4.69, 9.17) is 9.47 Å². The molecule has 0 rings (SSSR count). The zero-order valence-corrected chi connectivity index (χ0v) is 20.5. The van der Waals surface area contributed by atoms with Crippen molar-refractivity contribution in [3.8, 4) is 0 Å². The van der Waals surface area contributed by atoms with Crippen molar-refractivity contribution < 1.29 is 33.4 Å². The smallest absolute Gasteiger partial charge is 0.406 e. The van der Waals surface area contributed by atoms with Crippen LogP contribution in [0.5, 0.6) is 0 Å². The van der Waals surface area contributed by atoms with Gasteiger partial charge in [0, 0.05) is 31.8 Å². The third-order valence-electron chi connectivity index (χ3n) is 4.12. The molecule has 0 unspecified atom stereocenters. The van der Waals surface area contributed by atoms with Crippen molar-refractivity contribution in [2.75, 3.05) is 64.5 Å². The standard InChI is InChI=1S/C21H37N3O7S/c1-8-17(25)30-15-21(3,16-31-18(26)9-2)23-19(27)24(12-10-14-32(5,6)7)13-11-22-20(28)29-4/h8-9H,1-2,10-16H2,3-7H3,(H,22,28)(H,23,27). The number of rotatable bonds is 14. The summed E-state index contributed by atoms with van der Waals surface area (Å²) in [7, 11) is 0.514. The number of carbonyl (C=O) groups excluding carboxylic acids is 4. The van der Waals surface area contributed by atoms with Crippen LogP contribution in [0.15, 0.2) is 25.3 Å². The second-order valence-electron chi connectivity index (χ2n) is 8.17. The highest BCUT2D eigenvalue weighted by Crippen LogP contribution is 2.34. The number of hydrogen-bond acceptors (Lipinski definition) is 7. The van der Waals surface area contributed by atoms with E-state index >= 15 is 0 Å². The molecule has 0 aromatic heterocycles. The molecule has 0 aromatic carbocycles. The molecule has 0 atom stereocenters. The summed E-state index contributed by atoms with van der Waals surface area (Å²) in [6.45, 7) is 8.65. The van der Waals surface area contributed by atoms with Gasteiger partial charge in [-0.3, -0.25) is 0 Å². The van der Waals surface area contributed by atoms with Gasteiger partial charge in [-0.05, 0) is 37.9 Å². The summed E-state index contributed by atoms with van der Waals surface area (Å²) in [5.74, 6) is -0.382. The largest absolute Gasteiger partial charge is 0.460 e. The molecule has 0 aliphatic carbocycles. The highest BCUT2D eigenvalue weighted by Gasteiger charge is 2.32. The fraction of sp³-hybridized carbons (Fsp3) is 0.619. The van der Waals surface area contributed by atoms with Gasteiger partial charge >= 0.3 is 24.1 Å². The van der Waals surface area contributed by atoms with Crippen molar-refractivity contribution in [1.82, 2.24) is 15.5 Å². The van der Waals surface area contributed by atoms with Crippen LogP contribution in [0.25, 0.3) is 0 Å². The second kappa shape index (κ2) is 14.4. The van der Waals surface area contributed by atoms with Gasteiger partial charge in [-0.2, -0.15) is 0 Å². The van der Waals surface area contributed by atoms with Crippen LogP contribution in [0.1, 0.15) is 13.3 Å². The number of nitrogens with one attached hydrogen (secondary N) is 2. The molecule has 0 heterocycles. The van der Waals surface area contributed by atoms with E-state index in [-0.39, 0.29) is 26.3 Å². The van der Waals surface area contributed by atoms with Gasteiger partial charge in [0.25, 0.3) is 0 Å². The lowest BCUT2D eigenvalue weighted by Gasteiger charge is -2.33. The Morgan fingerprint density at radius 3 is 1.97 bits per heavy atom. The minimum atomic E-state index is -1.20. The van der Waals surface area contributed by atoms with E-state index in [2.05, 4.69) is 47.3 Å². The fourth-order valence-corrected chi connectivity index (χ4v) is 3.39. The Kier molecular flexibility index (Phi) is 13.2. The summed E-state index contributed by atoms with van der Waals surface area (Å²) >= 11 is 0. The van der Waals surface area contributed by atoms with Gasteiger partial charge in [0.15, 0.2) is 0 Å². The zero-order chi connectivity index (χ0) is 24.8. The number of hydrogen-bond donors (Lipinski definition) is 2. The maximum atomic E-state index is 13.0. The van der Waals surface area contributed by atoms with Crippen LogP contribution in [0, 0.1) is 0 Å². The molecule has 10 nitrogen and oxygen atoms in total. The van der Waals surface area contributed by atoms with E-state index in [1.807, 2.05) is 0 Å². The summed E-state index contributed by atoms with van der Waals surface area (Å²) in [5.41, 5.74) is -1.20. The van der Waals surface area contributed by atoms with Gasteiger partial charge in [-0.25, -0.2) is 29.2 Å². The third-order valence-corrected chi connectivity index (χ3v) is 5.63. The molecule has 32 heavy (non-hydrogen) atoms. The summed E-state index contributed by atoms with van der Waals surface area (Å²) in [6.07, 6.45) is 8.74. The van der Waals surface area contributed by atoms with E-state index in [1.165, 1.54) is 7.11 Å². The number of carbonyl (C=O) groups is 4. The molecule has 0 fully saturated rings. The van der Waals surface area contributed by atoms with Crippen LogP contribution in [0.3, 0.4) is 0 Å². The van der Waals surface area contributed by atoms with Gasteiger partial charge in [-0.15, -0.1) is 0 Å². The van der Waals surface area contributed by atoms with Crippen molar-refractivity contribution in [2.24, 2.45) is 0 Å². The third kappa shape index (κ3) is 13.6. The summed E-state index contributed by atoms with van der Waals surface area (Å²) < 4.78 is 14.7. The van der Waals surface area contributed by atoms with E-state index in [1.54, 1.807) is 11.8 Å². The number of nitrogens with zero attached hydrogens (tertiary/aromatic N) is 1. The van der Waals surface area contributed by atoms with Crippen molar-refractivity contribution in [2.45, 2.75) is 18.9 Å². The lowest BCUT2D eigenvalue weighted by molar-refractivity contribution is -0.144. The highest BCUT2D eigenvalue weighted by molar-refractivity contribution is 8.32. The lowest BCUT2D eigenvalue weighted by atomic mass is 10.1. The number of methoxy groups -OCH3 is 1. The molecule has 0 spiro atoms. The highest BCUT2D eigenvalue weighted by atomic mass is 32.3. The SMILES string of the molecule is C=CC(=O)OCC(C)(COC(=O)C=C)NC(=O)N(CCCS(C)(C)C)CCNC(=O)OC. The van der Waals surface area contributed by atoms with Crippen LogP contribution in [-0.2, 0) is 23.8 Å². The van der Waals surface area contributed by atoms with Crippen LogP contribution >= 0.6 is 10.0 Å².